The summed E-state index contributed by atoms with van der Waals surface area (Å²) >= 11 is 0. The molecule has 4 heterocycles. The van der Waals surface area contributed by atoms with Gasteiger partial charge in [0.1, 0.15) is 34.5 Å². The van der Waals surface area contributed by atoms with Gasteiger partial charge in [-0.15, -0.1) is 0 Å². The maximum Gasteiger partial charge on any atom is 0.147 e. The molecule has 0 saturated carbocycles. The number of piperidine rings is 1. The molecule has 5 aromatic rings. The number of imidazole rings is 1. The summed E-state index contributed by atoms with van der Waals surface area (Å²) < 4.78 is 8.10. The fraction of sp³-hybridized carbons (Fsp3) is 0.296. The molecule has 9 nitrogen and oxygen atoms in total. The van der Waals surface area contributed by atoms with Crippen molar-refractivity contribution in [2.45, 2.75) is 26.3 Å². The van der Waals surface area contributed by atoms with Crippen molar-refractivity contribution in [1.29, 1.82) is 5.26 Å². The van der Waals surface area contributed by atoms with Gasteiger partial charge in [-0.3, -0.25) is 9.67 Å². The van der Waals surface area contributed by atoms with Crippen molar-refractivity contribution in [1.82, 2.24) is 34.6 Å². The number of likely N-dealkylation sites (tertiary alicyclic amines) is 1. The topological polar surface area (TPSA) is 109 Å². The van der Waals surface area contributed by atoms with Crippen LogP contribution in [0.15, 0.2) is 48.9 Å². The zero-order valence-electron chi connectivity index (χ0n) is 20.3. The van der Waals surface area contributed by atoms with Gasteiger partial charge in [-0.05, 0) is 70.1 Å². The van der Waals surface area contributed by atoms with Gasteiger partial charge in [0.05, 0.1) is 34.6 Å². The fourth-order valence-corrected chi connectivity index (χ4v) is 4.80. The lowest BCUT2D eigenvalue weighted by Crippen LogP contribution is -2.31. The van der Waals surface area contributed by atoms with Gasteiger partial charge >= 0.3 is 0 Å². The highest BCUT2D eigenvalue weighted by molar-refractivity contribution is 5.85. The summed E-state index contributed by atoms with van der Waals surface area (Å²) in [7, 11) is 2.17. The molecule has 36 heavy (non-hydrogen) atoms. The average Bonchev–Trinajstić information content (AvgIpc) is 3.50. The number of rotatable bonds is 5. The first-order chi connectivity index (χ1) is 17.6. The normalized spacial score (nSPS) is 14.9. The van der Waals surface area contributed by atoms with Crippen LogP contribution in [0.3, 0.4) is 0 Å². The largest absolute Gasteiger partial charge is 0.456 e. The standard InChI is InChI=1S/C27H26N8O/c1-17-31-22-4-3-20(11-24(22)32-17)36-26-6-5-23-27(21(26)12-28)33-25(14-29-23)19-13-30-35(16-19)15-18-7-9-34(2)10-8-18/h3-6,11,13-14,16,18H,7-10,15H2,1-2H3,(H,31,32). The Morgan fingerprint density at radius 1 is 1.11 bits per heavy atom. The number of fused-ring (bicyclic) bond motifs is 2. The number of aryl methyl sites for hydroxylation is 1. The minimum Gasteiger partial charge on any atom is -0.456 e. The van der Waals surface area contributed by atoms with Gasteiger partial charge in [0.25, 0.3) is 0 Å². The molecule has 0 amide bonds. The van der Waals surface area contributed by atoms with E-state index in [4.69, 9.17) is 9.72 Å². The van der Waals surface area contributed by atoms with E-state index in [-0.39, 0.29) is 0 Å². The Labute approximate surface area is 208 Å². The van der Waals surface area contributed by atoms with Gasteiger partial charge in [-0.25, -0.2) is 9.97 Å². The summed E-state index contributed by atoms with van der Waals surface area (Å²) in [5, 5.41) is 14.6. The average molecular weight is 479 g/mol. The van der Waals surface area contributed by atoms with Crippen LogP contribution < -0.4 is 4.74 Å². The van der Waals surface area contributed by atoms with Gasteiger partial charge in [-0.2, -0.15) is 10.4 Å². The van der Waals surface area contributed by atoms with E-state index in [2.05, 4.69) is 38.1 Å². The molecular formula is C27H26N8O. The van der Waals surface area contributed by atoms with Gasteiger partial charge in [0.2, 0.25) is 0 Å². The summed E-state index contributed by atoms with van der Waals surface area (Å²) in [6.45, 7) is 5.07. The second-order valence-corrected chi connectivity index (χ2v) is 9.47. The van der Waals surface area contributed by atoms with E-state index in [1.54, 1.807) is 12.3 Å². The quantitative estimate of drug-likeness (QED) is 0.390. The van der Waals surface area contributed by atoms with Crippen LogP contribution in [0.4, 0.5) is 0 Å². The van der Waals surface area contributed by atoms with Crippen LogP contribution in [-0.4, -0.2) is 54.8 Å². The molecule has 2 aromatic carbocycles. The van der Waals surface area contributed by atoms with Crippen molar-refractivity contribution in [3.05, 3.63) is 60.3 Å². The Hall–Kier alpha value is -4.29. The van der Waals surface area contributed by atoms with Crippen molar-refractivity contribution in [2.75, 3.05) is 20.1 Å². The molecule has 0 unspecified atom stereocenters. The Balaban J connectivity index is 1.29. The lowest BCUT2D eigenvalue weighted by Gasteiger charge is -2.28. The van der Waals surface area contributed by atoms with Crippen molar-refractivity contribution >= 4 is 22.1 Å². The maximum atomic E-state index is 10.0. The highest BCUT2D eigenvalue weighted by atomic mass is 16.5. The van der Waals surface area contributed by atoms with Gasteiger partial charge in [0, 0.05) is 24.4 Å². The third kappa shape index (κ3) is 4.27. The molecule has 1 saturated heterocycles. The van der Waals surface area contributed by atoms with Crippen LogP contribution in [0.2, 0.25) is 0 Å². The summed E-state index contributed by atoms with van der Waals surface area (Å²) in [6.07, 6.45) is 7.93. The van der Waals surface area contributed by atoms with Crippen molar-refractivity contribution in [2.24, 2.45) is 5.92 Å². The maximum absolute atomic E-state index is 10.0. The summed E-state index contributed by atoms with van der Waals surface area (Å²) in [6, 6.07) is 11.5. The highest BCUT2D eigenvalue weighted by Gasteiger charge is 2.18. The molecule has 1 aliphatic rings. The van der Waals surface area contributed by atoms with Crippen molar-refractivity contribution < 1.29 is 4.74 Å². The molecule has 6 rings (SSSR count). The lowest BCUT2D eigenvalue weighted by molar-refractivity contribution is 0.201. The Morgan fingerprint density at radius 2 is 1.94 bits per heavy atom. The molecule has 1 aliphatic heterocycles. The van der Waals surface area contributed by atoms with E-state index >= 15 is 0 Å². The molecule has 0 bridgehead atoms. The van der Waals surface area contributed by atoms with Crippen LogP contribution >= 0.6 is 0 Å². The van der Waals surface area contributed by atoms with Gasteiger partial charge in [-0.1, -0.05) is 0 Å². The third-order valence-electron chi connectivity index (χ3n) is 6.80. The first-order valence-corrected chi connectivity index (χ1v) is 12.1. The number of benzene rings is 2. The number of nitrogens with one attached hydrogen (secondary N) is 1. The number of aromatic amines is 1. The molecule has 3 aromatic heterocycles. The number of hydrogen-bond donors (Lipinski definition) is 1. The van der Waals surface area contributed by atoms with Crippen LogP contribution in [0.25, 0.3) is 33.3 Å². The van der Waals surface area contributed by atoms with E-state index in [0.717, 1.165) is 42.1 Å². The van der Waals surface area contributed by atoms with Crippen molar-refractivity contribution in [3.8, 4) is 28.8 Å². The molecule has 0 aliphatic carbocycles. The Morgan fingerprint density at radius 3 is 2.78 bits per heavy atom. The third-order valence-corrected chi connectivity index (χ3v) is 6.80. The second kappa shape index (κ2) is 9.06. The van der Waals surface area contributed by atoms with Gasteiger partial charge in [0.15, 0.2) is 0 Å². The van der Waals surface area contributed by atoms with E-state index in [0.29, 0.717) is 39.7 Å². The Bertz CT molecular complexity index is 1600. The number of aromatic nitrogens is 6. The minimum absolute atomic E-state index is 0.349. The van der Waals surface area contributed by atoms with Crippen LogP contribution in [0.5, 0.6) is 11.5 Å². The van der Waals surface area contributed by atoms with Crippen LogP contribution in [0, 0.1) is 24.2 Å². The summed E-state index contributed by atoms with van der Waals surface area (Å²) in [5.41, 5.74) is 4.80. The predicted molar refractivity (Wildman–Crippen MR) is 137 cm³/mol. The van der Waals surface area contributed by atoms with Gasteiger partial charge < -0.3 is 14.6 Å². The monoisotopic (exact) mass is 478 g/mol. The highest BCUT2D eigenvalue weighted by Crippen LogP contribution is 2.32. The molecule has 0 spiro atoms. The van der Waals surface area contributed by atoms with Crippen LogP contribution in [0.1, 0.15) is 24.2 Å². The first kappa shape index (κ1) is 22.2. The fourth-order valence-electron chi connectivity index (χ4n) is 4.80. The van der Waals surface area contributed by atoms with E-state index in [1.807, 2.05) is 48.3 Å². The molecule has 180 valence electrons. The van der Waals surface area contributed by atoms with Crippen molar-refractivity contribution in [3.63, 3.8) is 0 Å². The van der Waals surface area contributed by atoms with Crippen LogP contribution in [-0.2, 0) is 6.54 Å². The van der Waals surface area contributed by atoms with E-state index in [1.165, 1.54) is 12.8 Å². The predicted octanol–water partition coefficient (Wildman–Crippen LogP) is 4.68. The zero-order valence-corrected chi connectivity index (χ0v) is 20.3. The molecule has 1 fully saturated rings. The number of nitriles is 1. The smallest absolute Gasteiger partial charge is 0.147 e. The SMILES string of the molecule is Cc1nc2ccc(Oc3ccc4ncc(-c5cnn(CC6CCN(C)CC6)c5)nc4c3C#N)cc2[nH]1. The Kier molecular flexibility index (Phi) is 5.58. The summed E-state index contributed by atoms with van der Waals surface area (Å²) in [5.74, 6) is 2.51. The molecule has 9 heteroatoms. The first-order valence-electron chi connectivity index (χ1n) is 12.1. The number of ether oxygens (including phenoxy) is 1. The number of nitrogens with zero attached hydrogens (tertiary/aromatic N) is 7. The zero-order chi connectivity index (χ0) is 24.6. The van der Waals surface area contributed by atoms with E-state index in [9.17, 15) is 5.26 Å². The molecular weight excluding hydrogens is 452 g/mol. The summed E-state index contributed by atoms with van der Waals surface area (Å²) in [4.78, 5) is 19.4. The number of H-pyrrole nitrogens is 1. The second-order valence-electron chi connectivity index (χ2n) is 9.47. The number of hydrogen-bond acceptors (Lipinski definition) is 7. The lowest BCUT2D eigenvalue weighted by atomic mass is 9.97. The minimum atomic E-state index is 0.349. The van der Waals surface area contributed by atoms with E-state index < -0.39 is 0 Å². The molecule has 0 radical (unpaired) electrons. The molecule has 1 N–H and O–H groups in total. The molecule has 0 atom stereocenters.